The van der Waals surface area contributed by atoms with Gasteiger partial charge in [0.25, 0.3) is 5.91 Å². The van der Waals surface area contributed by atoms with Crippen molar-refractivity contribution in [1.29, 1.82) is 0 Å². The number of carboxylic acids is 1. The maximum absolute atomic E-state index is 13.1. The number of rotatable bonds is 6. The maximum Gasteiger partial charge on any atom is 0.335 e. The van der Waals surface area contributed by atoms with Gasteiger partial charge in [-0.3, -0.25) is 4.79 Å². The van der Waals surface area contributed by atoms with Crippen molar-refractivity contribution in [3.8, 4) is 0 Å². The van der Waals surface area contributed by atoms with Gasteiger partial charge in [-0.2, -0.15) is 0 Å². The highest BCUT2D eigenvalue weighted by Gasteiger charge is 2.43. The van der Waals surface area contributed by atoms with Crippen LogP contribution in [0.3, 0.4) is 0 Å². The van der Waals surface area contributed by atoms with E-state index in [9.17, 15) is 14.7 Å². The predicted octanol–water partition coefficient (Wildman–Crippen LogP) is 4.46. The molecule has 0 spiro atoms. The first-order valence-corrected chi connectivity index (χ1v) is 9.00. The van der Waals surface area contributed by atoms with E-state index in [1.165, 1.54) is 0 Å². The molecule has 0 saturated heterocycles. The van der Waals surface area contributed by atoms with Crippen LogP contribution in [0.4, 0.5) is 0 Å². The molecule has 0 aliphatic carbocycles. The molecule has 1 aliphatic heterocycles. The van der Waals surface area contributed by atoms with Crippen molar-refractivity contribution in [3.63, 3.8) is 0 Å². The molecule has 1 heterocycles. The van der Waals surface area contributed by atoms with Crippen LogP contribution in [0.2, 0.25) is 0 Å². The summed E-state index contributed by atoms with van der Waals surface area (Å²) >= 11 is 3.71. The van der Waals surface area contributed by atoms with Crippen LogP contribution < -0.4 is 0 Å². The van der Waals surface area contributed by atoms with E-state index in [-0.39, 0.29) is 17.5 Å². The third-order valence-corrected chi connectivity index (χ3v) is 5.13. The van der Waals surface area contributed by atoms with E-state index in [1.54, 1.807) is 18.2 Å². The minimum absolute atomic E-state index is 0.0689. The number of carbonyl (C=O) groups excluding carboxylic acids is 1. The molecular formula is C18H24BrNO3. The van der Waals surface area contributed by atoms with Gasteiger partial charge in [0, 0.05) is 18.0 Å². The van der Waals surface area contributed by atoms with Gasteiger partial charge in [0.2, 0.25) is 0 Å². The lowest BCUT2D eigenvalue weighted by Gasteiger charge is -2.46. The molecule has 2 rings (SSSR count). The highest BCUT2D eigenvalue weighted by Crippen LogP contribution is 2.39. The van der Waals surface area contributed by atoms with Crippen molar-refractivity contribution in [2.75, 3.05) is 0 Å². The van der Waals surface area contributed by atoms with Crippen LogP contribution in [-0.4, -0.2) is 32.4 Å². The first-order chi connectivity index (χ1) is 10.8. The van der Waals surface area contributed by atoms with E-state index < -0.39 is 10.4 Å². The normalized spacial score (nSPS) is 20.7. The standard InChI is InChI=1S/C18H24BrNO3/c1-4-7-12(8-5-2)20-16(21)13-9-6-10-14(17(22)23)15(13)11-18(20,3)19/h6,9-10,12H,4-5,7-8,11H2,1-3H3,(H,22,23). The summed E-state index contributed by atoms with van der Waals surface area (Å²) in [5.41, 5.74) is 1.38. The van der Waals surface area contributed by atoms with E-state index in [1.807, 2.05) is 11.8 Å². The Morgan fingerprint density at radius 1 is 1.35 bits per heavy atom. The Hall–Kier alpha value is -1.36. The number of hydrogen-bond donors (Lipinski definition) is 1. The number of benzene rings is 1. The molecule has 1 N–H and O–H groups in total. The van der Waals surface area contributed by atoms with E-state index in [0.29, 0.717) is 17.5 Å². The van der Waals surface area contributed by atoms with Crippen LogP contribution in [0.1, 0.15) is 72.7 Å². The number of carbonyl (C=O) groups is 2. The second-order valence-corrected chi connectivity index (χ2v) is 8.07. The predicted molar refractivity (Wildman–Crippen MR) is 94.2 cm³/mol. The Kier molecular flexibility index (Phi) is 5.50. The zero-order chi connectivity index (χ0) is 17.2. The summed E-state index contributed by atoms with van der Waals surface area (Å²) in [6.45, 7) is 6.21. The average molecular weight is 382 g/mol. The molecular weight excluding hydrogens is 358 g/mol. The number of nitrogens with zero attached hydrogens (tertiary/aromatic N) is 1. The van der Waals surface area contributed by atoms with Gasteiger partial charge in [-0.15, -0.1) is 0 Å². The molecule has 0 saturated carbocycles. The first-order valence-electron chi connectivity index (χ1n) is 8.21. The number of fused-ring (bicyclic) bond motifs is 1. The highest BCUT2D eigenvalue weighted by atomic mass is 79.9. The Morgan fingerprint density at radius 2 is 1.96 bits per heavy atom. The molecule has 0 aromatic heterocycles. The second-order valence-electron chi connectivity index (χ2n) is 6.36. The molecule has 126 valence electrons. The topological polar surface area (TPSA) is 57.6 Å². The lowest BCUT2D eigenvalue weighted by molar-refractivity contribution is 0.0486. The highest BCUT2D eigenvalue weighted by molar-refractivity contribution is 9.10. The van der Waals surface area contributed by atoms with Crippen molar-refractivity contribution >= 4 is 27.8 Å². The molecule has 1 aliphatic rings. The van der Waals surface area contributed by atoms with E-state index in [0.717, 1.165) is 25.7 Å². The molecule has 1 aromatic rings. The molecule has 23 heavy (non-hydrogen) atoms. The van der Waals surface area contributed by atoms with Crippen molar-refractivity contribution < 1.29 is 14.7 Å². The summed E-state index contributed by atoms with van der Waals surface area (Å²) in [7, 11) is 0. The smallest absolute Gasteiger partial charge is 0.335 e. The molecule has 0 radical (unpaired) electrons. The van der Waals surface area contributed by atoms with Crippen LogP contribution in [0, 0.1) is 0 Å². The quantitative estimate of drug-likeness (QED) is 0.584. The van der Waals surface area contributed by atoms with Gasteiger partial charge in [0.05, 0.1) is 10.0 Å². The van der Waals surface area contributed by atoms with Crippen LogP contribution in [0.25, 0.3) is 0 Å². The zero-order valence-corrected chi connectivity index (χ0v) is 15.5. The van der Waals surface area contributed by atoms with E-state index >= 15 is 0 Å². The molecule has 5 heteroatoms. The largest absolute Gasteiger partial charge is 0.478 e. The minimum atomic E-state index is -0.981. The van der Waals surface area contributed by atoms with Crippen LogP contribution in [0.15, 0.2) is 18.2 Å². The van der Waals surface area contributed by atoms with Gasteiger partial charge in [-0.05, 0) is 37.5 Å². The summed E-state index contributed by atoms with van der Waals surface area (Å²) in [5.74, 6) is -1.05. The fourth-order valence-corrected chi connectivity index (χ4v) is 4.27. The van der Waals surface area contributed by atoms with Crippen LogP contribution in [0.5, 0.6) is 0 Å². The van der Waals surface area contributed by atoms with Crippen molar-refractivity contribution in [2.45, 2.75) is 63.4 Å². The number of halogens is 1. The fourth-order valence-electron chi connectivity index (χ4n) is 3.54. The van der Waals surface area contributed by atoms with Gasteiger partial charge in [0.15, 0.2) is 0 Å². The molecule has 1 unspecified atom stereocenters. The number of amides is 1. The number of aromatic carboxylic acids is 1. The summed E-state index contributed by atoms with van der Waals surface area (Å²) < 4.78 is -0.558. The van der Waals surface area contributed by atoms with Crippen LogP contribution in [-0.2, 0) is 6.42 Å². The molecule has 1 atom stereocenters. The van der Waals surface area contributed by atoms with Gasteiger partial charge >= 0.3 is 5.97 Å². The SMILES string of the molecule is CCCC(CCC)N1C(=O)c2cccc(C(=O)O)c2CC1(C)Br. The Labute approximate surface area is 146 Å². The average Bonchev–Trinajstić information content (AvgIpc) is 2.46. The minimum Gasteiger partial charge on any atom is -0.478 e. The zero-order valence-electron chi connectivity index (χ0n) is 13.9. The Morgan fingerprint density at radius 3 is 2.48 bits per heavy atom. The summed E-state index contributed by atoms with van der Waals surface area (Å²) in [6, 6.07) is 5.14. The number of carboxylic acid groups (broad SMARTS) is 1. The molecule has 0 bridgehead atoms. The maximum atomic E-state index is 13.1. The second kappa shape index (κ2) is 7.04. The summed E-state index contributed by atoms with van der Waals surface area (Å²) in [6.07, 6.45) is 4.43. The number of hydrogen-bond acceptors (Lipinski definition) is 2. The summed E-state index contributed by atoms with van der Waals surface area (Å²) in [4.78, 5) is 26.5. The Balaban J connectivity index is 2.51. The van der Waals surface area contributed by atoms with Gasteiger partial charge < -0.3 is 10.0 Å². The van der Waals surface area contributed by atoms with Gasteiger partial charge in [-0.25, -0.2) is 4.79 Å². The molecule has 0 fully saturated rings. The monoisotopic (exact) mass is 381 g/mol. The molecule has 1 aromatic carbocycles. The van der Waals surface area contributed by atoms with E-state index in [2.05, 4.69) is 29.8 Å². The lowest BCUT2D eigenvalue weighted by Crippen LogP contribution is -2.55. The van der Waals surface area contributed by atoms with Gasteiger partial charge in [-0.1, -0.05) is 48.7 Å². The van der Waals surface area contributed by atoms with Crippen LogP contribution >= 0.6 is 15.9 Å². The third kappa shape index (κ3) is 3.44. The summed E-state index contributed by atoms with van der Waals surface area (Å²) in [5, 5.41) is 9.40. The van der Waals surface area contributed by atoms with E-state index in [4.69, 9.17) is 0 Å². The van der Waals surface area contributed by atoms with Gasteiger partial charge in [0.1, 0.15) is 0 Å². The Bertz CT molecular complexity index is 606. The number of alkyl halides is 1. The van der Waals surface area contributed by atoms with Crippen molar-refractivity contribution in [2.24, 2.45) is 0 Å². The van der Waals surface area contributed by atoms with Crippen molar-refractivity contribution in [3.05, 3.63) is 34.9 Å². The first kappa shape index (κ1) is 18.0. The van der Waals surface area contributed by atoms with Crippen molar-refractivity contribution in [1.82, 2.24) is 4.90 Å². The fraction of sp³-hybridized carbons (Fsp3) is 0.556. The lowest BCUT2D eigenvalue weighted by atomic mass is 9.87. The third-order valence-electron chi connectivity index (χ3n) is 4.47. The molecule has 1 amide bonds. The molecule has 4 nitrogen and oxygen atoms in total.